The first-order chi connectivity index (χ1) is 3.66. The van der Waals surface area contributed by atoms with Crippen molar-refractivity contribution in [1.29, 1.82) is 0 Å². The van der Waals surface area contributed by atoms with Gasteiger partial charge in [0.1, 0.15) is 0 Å². The summed E-state index contributed by atoms with van der Waals surface area (Å²) < 4.78 is 0. The van der Waals surface area contributed by atoms with Gasteiger partial charge in [-0.1, -0.05) is 20.3 Å². The first-order valence-electron chi connectivity index (χ1n) is 3.03. The van der Waals surface area contributed by atoms with Crippen molar-refractivity contribution in [3.8, 4) is 0 Å². The van der Waals surface area contributed by atoms with Gasteiger partial charge < -0.3 is 10.0 Å². The van der Waals surface area contributed by atoms with Gasteiger partial charge in [0.25, 0.3) is 0 Å². The Morgan fingerprint density at radius 1 is 1.50 bits per heavy atom. The van der Waals surface area contributed by atoms with Crippen LogP contribution >= 0.6 is 0 Å². The van der Waals surface area contributed by atoms with Gasteiger partial charge in [0.2, 0.25) is 0 Å². The first-order valence-corrected chi connectivity index (χ1v) is 3.03. The van der Waals surface area contributed by atoms with Crippen LogP contribution in [0.15, 0.2) is 0 Å². The highest BCUT2D eigenvalue weighted by atomic mass is 16.4. The fraction of sp³-hybridized carbons (Fsp3) is 1.00. The average molecular weight is 116 g/mol. The lowest BCUT2D eigenvalue weighted by Gasteiger charge is -2.04. The van der Waals surface area contributed by atoms with E-state index in [-0.39, 0.29) is 0 Å². The van der Waals surface area contributed by atoms with Crippen LogP contribution in [0.25, 0.3) is 0 Å². The number of rotatable bonds is 3. The molecule has 0 radical (unpaired) electrons. The Balaban J connectivity index is 3.10. The molecule has 0 aromatic rings. The molecule has 2 nitrogen and oxygen atoms in total. The van der Waals surface area contributed by atoms with E-state index < -0.39 is 7.12 Å². The van der Waals surface area contributed by atoms with Crippen LogP contribution in [-0.4, -0.2) is 17.2 Å². The Hall–Kier alpha value is -0.0151. The molecule has 0 amide bonds. The third kappa shape index (κ3) is 4.15. The minimum absolute atomic E-state index is 0.426. The third-order valence-electron chi connectivity index (χ3n) is 1.31. The maximum absolute atomic E-state index is 8.41. The van der Waals surface area contributed by atoms with Gasteiger partial charge in [-0.05, 0) is 12.2 Å². The van der Waals surface area contributed by atoms with Crippen LogP contribution in [0.3, 0.4) is 0 Å². The minimum Gasteiger partial charge on any atom is -0.427 e. The second kappa shape index (κ2) is 3.92. The van der Waals surface area contributed by atoms with Crippen molar-refractivity contribution >= 4 is 7.12 Å². The molecule has 0 aliphatic carbocycles. The van der Waals surface area contributed by atoms with Crippen LogP contribution in [0.2, 0.25) is 6.32 Å². The molecule has 0 heterocycles. The van der Waals surface area contributed by atoms with Crippen molar-refractivity contribution in [2.75, 3.05) is 0 Å². The molecular weight excluding hydrogens is 103 g/mol. The standard InChI is InChI=1S/C5H13BO2/c1-3-5(2)4-6(7)8/h5,7-8H,3-4H2,1-2H3. The van der Waals surface area contributed by atoms with Gasteiger partial charge in [-0.25, -0.2) is 0 Å². The third-order valence-corrected chi connectivity index (χ3v) is 1.31. The molecule has 0 aromatic carbocycles. The molecule has 0 spiro atoms. The lowest BCUT2D eigenvalue weighted by Crippen LogP contribution is -2.14. The maximum atomic E-state index is 8.41. The van der Waals surface area contributed by atoms with E-state index in [4.69, 9.17) is 10.0 Å². The molecule has 0 saturated heterocycles. The molecule has 0 fully saturated rings. The molecule has 0 aliphatic heterocycles. The summed E-state index contributed by atoms with van der Waals surface area (Å²) in [6, 6.07) is 0. The quantitative estimate of drug-likeness (QED) is 0.527. The highest BCUT2D eigenvalue weighted by Crippen LogP contribution is 2.06. The van der Waals surface area contributed by atoms with Gasteiger partial charge in [0, 0.05) is 0 Å². The molecule has 2 N–H and O–H groups in total. The highest BCUT2D eigenvalue weighted by molar-refractivity contribution is 6.41. The molecule has 1 unspecified atom stereocenters. The van der Waals surface area contributed by atoms with Crippen molar-refractivity contribution in [1.82, 2.24) is 0 Å². The molecule has 0 bridgehead atoms. The zero-order chi connectivity index (χ0) is 6.57. The lowest BCUT2D eigenvalue weighted by molar-refractivity contribution is 0.388. The predicted octanol–water partition coefficient (Wildman–Crippen LogP) is 0.505. The molecule has 1 atom stereocenters. The summed E-state index contributed by atoms with van der Waals surface area (Å²) in [6.07, 6.45) is 1.51. The molecule has 0 aromatic heterocycles. The molecule has 3 heteroatoms. The van der Waals surface area contributed by atoms with Crippen molar-refractivity contribution in [2.45, 2.75) is 26.6 Å². The molecule has 0 aliphatic rings. The summed E-state index contributed by atoms with van der Waals surface area (Å²) in [4.78, 5) is 0. The Kier molecular flexibility index (Phi) is 3.92. The van der Waals surface area contributed by atoms with E-state index in [0.29, 0.717) is 12.2 Å². The van der Waals surface area contributed by atoms with Gasteiger partial charge in [0.15, 0.2) is 0 Å². The Bertz CT molecular complexity index is 56.4. The van der Waals surface area contributed by atoms with Crippen LogP contribution in [0.1, 0.15) is 20.3 Å². The molecule has 0 rings (SSSR count). The van der Waals surface area contributed by atoms with Gasteiger partial charge >= 0.3 is 7.12 Å². The van der Waals surface area contributed by atoms with E-state index in [0.717, 1.165) is 6.42 Å². The summed E-state index contributed by atoms with van der Waals surface area (Å²) in [7, 11) is -1.12. The van der Waals surface area contributed by atoms with Crippen molar-refractivity contribution < 1.29 is 10.0 Å². The van der Waals surface area contributed by atoms with Crippen LogP contribution in [0, 0.1) is 5.92 Å². The first kappa shape index (κ1) is 7.98. The summed E-state index contributed by atoms with van der Waals surface area (Å²) in [6.45, 7) is 4.03. The molecule has 48 valence electrons. The van der Waals surface area contributed by atoms with Crippen LogP contribution in [0.5, 0.6) is 0 Å². The summed E-state index contributed by atoms with van der Waals surface area (Å²) >= 11 is 0. The number of hydrogen-bond donors (Lipinski definition) is 2. The Labute approximate surface area is 50.7 Å². The zero-order valence-electron chi connectivity index (χ0n) is 5.46. The minimum atomic E-state index is -1.12. The second-order valence-corrected chi connectivity index (χ2v) is 2.23. The SMILES string of the molecule is CCC(C)CB(O)O. The topological polar surface area (TPSA) is 40.5 Å². The van der Waals surface area contributed by atoms with Gasteiger partial charge in [-0.2, -0.15) is 0 Å². The van der Waals surface area contributed by atoms with E-state index in [9.17, 15) is 0 Å². The Morgan fingerprint density at radius 2 is 2.00 bits per heavy atom. The molecule has 8 heavy (non-hydrogen) atoms. The number of hydrogen-bond acceptors (Lipinski definition) is 2. The van der Waals surface area contributed by atoms with E-state index in [1.807, 2.05) is 13.8 Å². The predicted molar refractivity (Wildman–Crippen MR) is 34.5 cm³/mol. The van der Waals surface area contributed by atoms with E-state index in [1.165, 1.54) is 0 Å². The summed E-state index contributed by atoms with van der Waals surface area (Å²) in [5.74, 6) is 0.426. The highest BCUT2D eigenvalue weighted by Gasteiger charge is 2.10. The fourth-order valence-corrected chi connectivity index (χ4v) is 0.527. The van der Waals surface area contributed by atoms with E-state index in [1.54, 1.807) is 0 Å². The molecular formula is C5H13BO2. The zero-order valence-corrected chi connectivity index (χ0v) is 5.46. The van der Waals surface area contributed by atoms with Crippen molar-refractivity contribution in [3.05, 3.63) is 0 Å². The van der Waals surface area contributed by atoms with E-state index >= 15 is 0 Å². The molecule has 0 saturated carbocycles. The summed E-state index contributed by atoms with van der Waals surface area (Å²) in [5.41, 5.74) is 0. The smallest absolute Gasteiger partial charge is 0.427 e. The second-order valence-electron chi connectivity index (χ2n) is 2.23. The van der Waals surface area contributed by atoms with Crippen LogP contribution in [0.4, 0.5) is 0 Å². The normalized spacial score (nSPS) is 13.5. The fourth-order valence-electron chi connectivity index (χ4n) is 0.527. The largest absolute Gasteiger partial charge is 0.451 e. The van der Waals surface area contributed by atoms with Crippen molar-refractivity contribution in [3.63, 3.8) is 0 Å². The van der Waals surface area contributed by atoms with Crippen molar-refractivity contribution in [2.24, 2.45) is 5.92 Å². The van der Waals surface area contributed by atoms with E-state index in [2.05, 4.69) is 0 Å². The summed E-state index contributed by atoms with van der Waals surface area (Å²) in [5, 5.41) is 16.8. The Morgan fingerprint density at radius 3 is 2.12 bits per heavy atom. The van der Waals surface area contributed by atoms with Gasteiger partial charge in [0.05, 0.1) is 0 Å². The van der Waals surface area contributed by atoms with Gasteiger partial charge in [-0.3, -0.25) is 0 Å². The van der Waals surface area contributed by atoms with Crippen LogP contribution < -0.4 is 0 Å². The van der Waals surface area contributed by atoms with Crippen LogP contribution in [-0.2, 0) is 0 Å². The average Bonchev–Trinajstić information content (AvgIpc) is 1.65. The lowest BCUT2D eigenvalue weighted by atomic mass is 9.78. The monoisotopic (exact) mass is 116 g/mol. The maximum Gasteiger partial charge on any atom is 0.451 e. The van der Waals surface area contributed by atoms with Gasteiger partial charge in [-0.15, -0.1) is 0 Å².